The molecular formula is C15H15NO5. The molecule has 0 spiro atoms. The maximum atomic E-state index is 12.2. The van der Waals surface area contributed by atoms with Crippen molar-refractivity contribution in [2.45, 2.75) is 19.4 Å². The number of carbonyl (C=O) groups excluding carboxylic acids is 2. The molecule has 6 nitrogen and oxygen atoms in total. The van der Waals surface area contributed by atoms with E-state index < -0.39 is 23.6 Å². The summed E-state index contributed by atoms with van der Waals surface area (Å²) in [6.07, 6.45) is -0.694. The summed E-state index contributed by atoms with van der Waals surface area (Å²) in [5, 5.41) is 0.557. The van der Waals surface area contributed by atoms with Gasteiger partial charge in [0.05, 0.1) is 12.7 Å². The molecule has 110 valence electrons. The number of aromatic amines is 1. The first-order valence-corrected chi connectivity index (χ1v) is 6.47. The van der Waals surface area contributed by atoms with Crippen molar-refractivity contribution in [2.75, 3.05) is 7.11 Å². The van der Waals surface area contributed by atoms with Gasteiger partial charge in [0.2, 0.25) is 5.56 Å². The van der Waals surface area contributed by atoms with E-state index in [0.717, 1.165) is 6.07 Å². The highest BCUT2D eigenvalue weighted by Crippen LogP contribution is 2.16. The molecule has 0 aliphatic rings. The van der Waals surface area contributed by atoms with Gasteiger partial charge in [0.1, 0.15) is 0 Å². The summed E-state index contributed by atoms with van der Waals surface area (Å²) in [7, 11) is 1.22. The van der Waals surface area contributed by atoms with Crippen LogP contribution in [0.25, 0.3) is 10.9 Å². The fourth-order valence-electron chi connectivity index (χ4n) is 2.00. The van der Waals surface area contributed by atoms with E-state index in [4.69, 9.17) is 4.74 Å². The Labute approximate surface area is 120 Å². The van der Waals surface area contributed by atoms with Crippen molar-refractivity contribution >= 4 is 22.8 Å². The van der Waals surface area contributed by atoms with Crippen molar-refractivity contribution in [3.63, 3.8) is 0 Å². The summed E-state index contributed by atoms with van der Waals surface area (Å²) in [6.45, 7) is 1.70. The highest BCUT2D eigenvalue weighted by Gasteiger charge is 2.23. The van der Waals surface area contributed by atoms with Crippen LogP contribution in [0.4, 0.5) is 0 Å². The summed E-state index contributed by atoms with van der Waals surface area (Å²) in [5.41, 5.74) is 0.242. The third kappa shape index (κ3) is 3.10. The summed E-state index contributed by atoms with van der Waals surface area (Å²) in [5.74, 6) is -1.35. The Morgan fingerprint density at radius 2 is 2.00 bits per heavy atom. The quantitative estimate of drug-likeness (QED) is 0.865. The van der Waals surface area contributed by atoms with Crippen molar-refractivity contribution in [3.05, 3.63) is 46.2 Å². The van der Waals surface area contributed by atoms with Crippen LogP contribution in [-0.2, 0) is 14.3 Å². The standard InChI is InChI=1S/C15H15NO5/c1-3-12(15(19)20-2)21-14(18)10-8-13(17)16-11-7-5-4-6-9(10)11/h4-8,12H,3H2,1-2H3,(H,16,17)/t12-/m1/s1. The lowest BCUT2D eigenvalue weighted by Crippen LogP contribution is -2.28. The van der Waals surface area contributed by atoms with Crippen LogP contribution >= 0.6 is 0 Å². The van der Waals surface area contributed by atoms with Crippen molar-refractivity contribution in [3.8, 4) is 0 Å². The number of ether oxygens (including phenoxy) is 2. The van der Waals surface area contributed by atoms with Crippen LogP contribution in [-0.4, -0.2) is 30.1 Å². The summed E-state index contributed by atoms with van der Waals surface area (Å²) in [4.78, 5) is 37.9. The van der Waals surface area contributed by atoms with E-state index in [-0.39, 0.29) is 5.56 Å². The van der Waals surface area contributed by atoms with Crippen LogP contribution in [0.1, 0.15) is 23.7 Å². The second kappa shape index (κ2) is 6.21. The van der Waals surface area contributed by atoms with Crippen LogP contribution in [0.5, 0.6) is 0 Å². The molecule has 1 aromatic heterocycles. The number of hydrogen-bond donors (Lipinski definition) is 1. The largest absolute Gasteiger partial charge is 0.466 e. The van der Waals surface area contributed by atoms with Crippen LogP contribution in [0.3, 0.4) is 0 Å². The van der Waals surface area contributed by atoms with Gasteiger partial charge in [0.25, 0.3) is 0 Å². The molecule has 0 amide bonds. The molecule has 2 rings (SSSR count). The number of rotatable bonds is 4. The van der Waals surface area contributed by atoms with Crippen molar-refractivity contribution < 1.29 is 19.1 Å². The molecule has 0 radical (unpaired) electrons. The Kier molecular flexibility index (Phi) is 4.37. The zero-order valence-electron chi connectivity index (χ0n) is 11.7. The number of nitrogens with one attached hydrogen (secondary N) is 1. The van der Waals surface area contributed by atoms with Gasteiger partial charge in [-0.3, -0.25) is 4.79 Å². The molecular weight excluding hydrogens is 274 g/mol. The van der Waals surface area contributed by atoms with Gasteiger partial charge in [-0.25, -0.2) is 9.59 Å². The fourth-order valence-corrected chi connectivity index (χ4v) is 2.00. The molecule has 1 N–H and O–H groups in total. The van der Waals surface area contributed by atoms with E-state index in [0.29, 0.717) is 17.3 Å². The van der Waals surface area contributed by atoms with Crippen LogP contribution in [0.2, 0.25) is 0 Å². The molecule has 0 unspecified atom stereocenters. The van der Waals surface area contributed by atoms with E-state index in [2.05, 4.69) is 9.72 Å². The van der Waals surface area contributed by atoms with E-state index in [9.17, 15) is 14.4 Å². The number of fused-ring (bicyclic) bond motifs is 1. The maximum absolute atomic E-state index is 12.2. The topological polar surface area (TPSA) is 85.5 Å². The Morgan fingerprint density at radius 3 is 2.67 bits per heavy atom. The number of esters is 2. The van der Waals surface area contributed by atoms with Gasteiger partial charge in [0, 0.05) is 17.0 Å². The van der Waals surface area contributed by atoms with E-state index in [1.165, 1.54) is 7.11 Å². The number of H-pyrrole nitrogens is 1. The Morgan fingerprint density at radius 1 is 1.29 bits per heavy atom. The Hall–Kier alpha value is -2.63. The van der Waals surface area contributed by atoms with Crippen molar-refractivity contribution in [1.82, 2.24) is 4.98 Å². The smallest absolute Gasteiger partial charge is 0.347 e. The lowest BCUT2D eigenvalue weighted by Gasteiger charge is -2.14. The minimum atomic E-state index is -0.986. The highest BCUT2D eigenvalue weighted by atomic mass is 16.6. The van der Waals surface area contributed by atoms with Gasteiger partial charge in [0.15, 0.2) is 6.10 Å². The predicted octanol–water partition coefficient (Wildman–Crippen LogP) is 1.64. The minimum absolute atomic E-state index is 0.122. The van der Waals surface area contributed by atoms with Gasteiger partial charge in [-0.05, 0) is 12.5 Å². The second-order valence-electron chi connectivity index (χ2n) is 4.42. The molecule has 0 fully saturated rings. The molecule has 0 aliphatic heterocycles. The van der Waals surface area contributed by atoms with Gasteiger partial charge in [-0.1, -0.05) is 25.1 Å². The lowest BCUT2D eigenvalue weighted by atomic mass is 10.1. The number of methoxy groups -OCH3 is 1. The SMILES string of the molecule is CC[C@@H](OC(=O)c1cc(=O)[nH]c2ccccc12)C(=O)OC. The summed E-state index contributed by atoms with van der Waals surface area (Å²) in [6, 6.07) is 8.03. The average molecular weight is 289 g/mol. The number of aromatic nitrogens is 1. The molecule has 0 aliphatic carbocycles. The summed E-state index contributed by atoms with van der Waals surface area (Å²) < 4.78 is 9.70. The van der Waals surface area contributed by atoms with Crippen LogP contribution in [0.15, 0.2) is 35.1 Å². The third-order valence-corrected chi connectivity index (χ3v) is 3.05. The zero-order chi connectivity index (χ0) is 15.4. The number of benzene rings is 1. The van der Waals surface area contributed by atoms with E-state index >= 15 is 0 Å². The second-order valence-corrected chi connectivity index (χ2v) is 4.42. The highest BCUT2D eigenvalue weighted by molar-refractivity contribution is 6.03. The number of para-hydroxylation sites is 1. The van der Waals surface area contributed by atoms with Gasteiger partial charge in [-0.15, -0.1) is 0 Å². The predicted molar refractivity (Wildman–Crippen MR) is 76.1 cm³/mol. The lowest BCUT2D eigenvalue weighted by molar-refractivity contribution is -0.151. The third-order valence-electron chi connectivity index (χ3n) is 3.05. The molecule has 1 heterocycles. The first-order valence-electron chi connectivity index (χ1n) is 6.47. The van der Waals surface area contributed by atoms with Gasteiger partial charge < -0.3 is 14.5 Å². The molecule has 2 aromatic rings. The molecule has 0 saturated heterocycles. The van der Waals surface area contributed by atoms with E-state index in [1.54, 1.807) is 31.2 Å². The fraction of sp³-hybridized carbons (Fsp3) is 0.267. The molecule has 1 aromatic carbocycles. The molecule has 6 heteroatoms. The molecule has 1 atom stereocenters. The normalized spacial score (nSPS) is 11.9. The van der Waals surface area contributed by atoms with Crippen molar-refractivity contribution in [1.29, 1.82) is 0 Å². The average Bonchev–Trinajstić information content (AvgIpc) is 2.50. The molecule has 0 saturated carbocycles. The first-order chi connectivity index (χ1) is 10.1. The molecule has 21 heavy (non-hydrogen) atoms. The van der Waals surface area contributed by atoms with Crippen LogP contribution < -0.4 is 5.56 Å². The zero-order valence-corrected chi connectivity index (χ0v) is 11.7. The first kappa shape index (κ1) is 14.8. The van der Waals surface area contributed by atoms with Crippen LogP contribution in [0, 0.1) is 0 Å². The number of carbonyl (C=O) groups is 2. The maximum Gasteiger partial charge on any atom is 0.347 e. The number of hydrogen-bond acceptors (Lipinski definition) is 5. The number of pyridine rings is 1. The van der Waals surface area contributed by atoms with Crippen molar-refractivity contribution in [2.24, 2.45) is 0 Å². The molecule has 0 bridgehead atoms. The monoisotopic (exact) mass is 289 g/mol. The van der Waals surface area contributed by atoms with Gasteiger partial charge in [-0.2, -0.15) is 0 Å². The Bertz CT molecular complexity index is 734. The Balaban J connectivity index is 2.39. The van der Waals surface area contributed by atoms with Gasteiger partial charge >= 0.3 is 11.9 Å². The minimum Gasteiger partial charge on any atom is -0.466 e. The summed E-state index contributed by atoms with van der Waals surface area (Å²) >= 11 is 0. The van der Waals surface area contributed by atoms with E-state index in [1.807, 2.05) is 0 Å².